The molecule has 0 unspecified atom stereocenters. The van der Waals surface area contributed by atoms with Gasteiger partial charge in [-0.3, -0.25) is 4.79 Å². The molecule has 2 saturated carbocycles. The van der Waals surface area contributed by atoms with Crippen LogP contribution in [-0.4, -0.2) is 17.6 Å². The zero-order valence-corrected chi connectivity index (χ0v) is 8.54. The zero-order chi connectivity index (χ0) is 10.2. The van der Waals surface area contributed by atoms with Crippen LogP contribution in [-0.2, 0) is 4.79 Å². The molecule has 0 aromatic rings. The molecule has 0 aliphatic heterocycles. The molecule has 3 nitrogen and oxygen atoms in total. The predicted octanol–water partition coefficient (Wildman–Crippen LogP) is 1.62. The van der Waals surface area contributed by atoms with Crippen LogP contribution in [0, 0.1) is 17.3 Å². The maximum atomic E-state index is 10.8. The van der Waals surface area contributed by atoms with Gasteiger partial charge in [0.2, 0.25) is 0 Å². The highest BCUT2D eigenvalue weighted by molar-refractivity contribution is 5.67. The quantitative estimate of drug-likeness (QED) is 0.722. The molecular weight excluding hydrogens is 178 g/mol. The average Bonchev–Trinajstić information content (AvgIpc) is 2.61. The molecule has 0 spiro atoms. The maximum absolute atomic E-state index is 10.8. The highest BCUT2D eigenvalue weighted by atomic mass is 16.4. The van der Waals surface area contributed by atoms with Gasteiger partial charge < -0.3 is 10.8 Å². The SMILES string of the molecule is NC[C@]1(CC(=O)O)C[C@H]2CCC[C@H]2C1. The fraction of sp³-hybridized carbons (Fsp3) is 0.909. The van der Waals surface area contributed by atoms with Crippen LogP contribution in [0.4, 0.5) is 0 Å². The first-order valence-electron chi connectivity index (χ1n) is 5.57. The number of rotatable bonds is 3. The molecule has 14 heavy (non-hydrogen) atoms. The lowest BCUT2D eigenvalue weighted by molar-refractivity contribution is -0.139. The molecule has 0 aromatic heterocycles. The van der Waals surface area contributed by atoms with Crippen LogP contribution < -0.4 is 5.73 Å². The minimum absolute atomic E-state index is 0.0679. The number of nitrogens with two attached hydrogens (primary N) is 1. The van der Waals surface area contributed by atoms with Crippen molar-refractivity contribution in [1.82, 2.24) is 0 Å². The lowest BCUT2D eigenvalue weighted by atomic mass is 9.80. The fourth-order valence-electron chi connectivity index (χ4n) is 3.55. The lowest BCUT2D eigenvalue weighted by Crippen LogP contribution is -2.31. The van der Waals surface area contributed by atoms with Crippen molar-refractivity contribution in [3.8, 4) is 0 Å². The Morgan fingerprint density at radius 3 is 2.36 bits per heavy atom. The summed E-state index contributed by atoms with van der Waals surface area (Å²) in [5.41, 5.74) is 5.69. The molecule has 2 aliphatic rings. The number of hydrogen-bond donors (Lipinski definition) is 2. The average molecular weight is 197 g/mol. The summed E-state index contributed by atoms with van der Waals surface area (Å²) >= 11 is 0. The van der Waals surface area contributed by atoms with Crippen LogP contribution in [0.5, 0.6) is 0 Å². The van der Waals surface area contributed by atoms with Gasteiger partial charge in [0.25, 0.3) is 0 Å². The smallest absolute Gasteiger partial charge is 0.303 e. The molecular formula is C11H19NO2. The number of fused-ring (bicyclic) bond motifs is 1. The van der Waals surface area contributed by atoms with E-state index in [9.17, 15) is 4.79 Å². The van der Waals surface area contributed by atoms with Crippen molar-refractivity contribution in [3.05, 3.63) is 0 Å². The van der Waals surface area contributed by atoms with Gasteiger partial charge in [0.1, 0.15) is 0 Å². The second kappa shape index (κ2) is 3.54. The number of carbonyl (C=O) groups is 1. The van der Waals surface area contributed by atoms with Crippen molar-refractivity contribution < 1.29 is 9.90 Å². The molecule has 0 amide bonds. The Bertz CT molecular complexity index is 227. The second-order valence-electron chi connectivity index (χ2n) is 5.13. The summed E-state index contributed by atoms with van der Waals surface area (Å²) in [4.78, 5) is 10.8. The molecule has 0 heterocycles. The predicted molar refractivity (Wildman–Crippen MR) is 53.8 cm³/mol. The van der Waals surface area contributed by atoms with Crippen LogP contribution >= 0.6 is 0 Å². The molecule has 0 bridgehead atoms. The minimum Gasteiger partial charge on any atom is -0.481 e. The summed E-state index contributed by atoms with van der Waals surface area (Å²) in [7, 11) is 0. The summed E-state index contributed by atoms with van der Waals surface area (Å²) < 4.78 is 0. The van der Waals surface area contributed by atoms with Gasteiger partial charge in [0.15, 0.2) is 0 Å². The fourth-order valence-corrected chi connectivity index (χ4v) is 3.55. The van der Waals surface area contributed by atoms with E-state index >= 15 is 0 Å². The van der Waals surface area contributed by atoms with E-state index in [1.54, 1.807) is 0 Å². The molecule has 2 fully saturated rings. The summed E-state index contributed by atoms with van der Waals surface area (Å²) in [6.07, 6.45) is 6.32. The van der Waals surface area contributed by atoms with E-state index in [1.807, 2.05) is 0 Å². The zero-order valence-electron chi connectivity index (χ0n) is 8.54. The van der Waals surface area contributed by atoms with E-state index in [1.165, 1.54) is 19.3 Å². The summed E-state index contributed by atoms with van der Waals surface area (Å²) in [6.45, 7) is 0.548. The third-order valence-corrected chi connectivity index (χ3v) is 4.17. The van der Waals surface area contributed by atoms with E-state index in [-0.39, 0.29) is 11.8 Å². The normalized spacial score (nSPS) is 41.2. The Hall–Kier alpha value is -0.570. The maximum Gasteiger partial charge on any atom is 0.303 e. The Morgan fingerprint density at radius 2 is 1.93 bits per heavy atom. The Morgan fingerprint density at radius 1 is 1.36 bits per heavy atom. The standard InChI is InChI=1S/C11H19NO2/c12-7-11(6-10(13)14)4-8-2-1-3-9(8)5-11/h8-9H,1-7,12H2,(H,13,14)/t8-,9+,11-. The molecule has 3 N–H and O–H groups in total. The molecule has 3 atom stereocenters. The number of aliphatic carboxylic acids is 1. The van der Waals surface area contributed by atoms with Gasteiger partial charge in [-0.15, -0.1) is 0 Å². The van der Waals surface area contributed by atoms with Crippen molar-refractivity contribution in [2.24, 2.45) is 23.0 Å². The minimum atomic E-state index is -0.685. The topological polar surface area (TPSA) is 63.3 Å². The Labute approximate surface area is 84.7 Å². The van der Waals surface area contributed by atoms with E-state index in [2.05, 4.69) is 0 Å². The van der Waals surface area contributed by atoms with Crippen molar-refractivity contribution in [1.29, 1.82) is 0 Å². The van der Waals surface area contributed by atoms with Gasteiger partial charge in [-0.1, -0.05) is 19.3 Å². The van der Waals surface area contributed by atoms with Crippen LogP contribution in [0.15, 0.2) is 0 Å². The summed E-state index contributed by atoms with van der Waals surface area (Å²) in [5.74, 6) is 0.867. The van der Waals surface area contributed by atoms with Gasteiger partial charge in [0, 0.05) is 0 Å². The molecule has 3 heteroatoms. The summed E-state index contributed by atoms with van der Waals surface area (Å²) in [5, 5.41) is 8.88. The molecule has 0 radical (unpaired) electrons. The van der Waals surface area contributed by atoms with E-state index in [0.717, 1.165) is 24.7 Å². The van der Waals surface area contributed by atoms with Crippen molar-refractivity contribution in [2.45, 2.75) is 38.5 Å². The van der Waals surface area contributed by atoms with E-state index in [4.69, 9.17) is 10.8 Å². The molecule has 2 aliphatic carbocycles. The largest absolute Gasteiger partial charge is 0.481 e. The van der Waals surface area contributed by atoms with Crippen LogP contribution in [0.25, 0.3) is 0 Å². The molecule has 2 rings (SSSR count). The van der Waals surface area contributed by atoms with Gasteiger partial charge >= 0.3 is 5.97 Å². The third-order valence-electron chi connectivity index (χ3n) is 4.17. The van der Waals surface area contributed by atoms with Gasteiger partial charge in [-0.25, -0.2) is 0 Å². The Kier molecular flexibility index (Phi) is 2.52. The van der Waals surface area contributed by atoms with Crippen molar-refractivity contribution in [2.75, 3.05) is 6.54 Å². The molecule has 80 valence electrons. The molecule has 0 aromatic carbocycles. The first-order chi connectivity index (χ1) is 6.65. The second-order valence-corrected chi connectivity index (χ2v) is 5.13. The van der Waals surface area contributed by atoms with E-state index in [0.29, 0.717) is 6.54 Å². The van der Waals surface area contributed by atoms with Crippen molar-refractivity contribution in [3.63, 3.8) is 0 Å². The van der Waals surface area contributed by atoms with Crippen LogP contribution in [0.2, 0.25) is 0 Å². The first-order valence-corrected chi connectivity index (χ1v) is 5.57. The number of carboxylic acid groups (broad SMARTS) is 1. The highest BCUT2D eigenvalue weighted by Gasteiger charge is 2.46. The number of carboxylic acids is 1. The third kappa shape index (κ3) is 1.65. The van der Waals surface area contributed by atoms with Crippen LogP contribution in [0.3, 0.4) is 0 Å². The lowest BCUT2D eigenvalue weighted by Gasteiger charge is -2.26. The Balaban J connectivity index is 2.05. The van der Waals surface area contributed by atoms with Crippen LogP contribution in [0.1, 0.15) is 38.5 Å². The van der Waals surface area contributed by atoms with Gasteiger partial charge in [-0.2, -0.15) is 0 Å². The molecule has 0 saturated heterocycles. The highest BCUT2D eigenvalue weighted by Crippen LogP contribution is 2.53. The van der Waals surface area contributed by atoms with Crippen molar-refractivity contribution >= 4 is 5.97 Å². The van der Waals surface area contributed by atoms with Gasteiger partial charge in [0.05, 0.1) is 6.42 Å². The first kappa shape index (κ1) is 9.97. The monoisotopic (exact) mass is 197 g/mol. The van der Waals surface area contributed by atoms with E-state index < -0.39 is 5.97 Å². The summed E-state index contributed by atoms with van der Waals surface area (Å²) in [6, 6.07) is 0. The number of hydrogen-bond acceptors (Lipinski definition) is 2. The van der Waals surface area contributed by atoms with Gasteiger partial charge in [-0.05, 0) is 36.6 Å².